The average molecular weight is 279 g/mol. The summed E-state index contributed by atoms with van der Waals surface area (Å²) in [7, 11) is 2.01. The van der Waals surface area contributed by atoms with E-state index in [2.05, 4.69) is 23.7 Å². The van der Waals surface area contributed by atoms with Gasteiger partial charge in [0.05, 0.1) is 6.10 Å². The molecule has 0 radical (unpaired) electrons. The summed E-state index contributed by atoms with van der Waals surface area (Å²) in [6.45, 7) is 6.67. The van der Waals surface area contributed by atoms with Crippen LogP contribution in [0.2, 0.25) is 0 Å². The Labute approximate surface area is 122 Å². The first-order valence-corrected chi connectivity index (χ1v) is 7.97. The van der Waals surface area contributed by atoms with Gasteiger partial charge in [-0.1, -0.05) is 13.3 Å². The number of nitrogens with zero attached hydrogens (tertiary/aromatic N) is 3. The van der Waals surface area contributed by atoms with Crippen molar-refractivity contribution in [2.24, 2.45) is 7.05 Å². The van der Waals surface area contributed by atoms with Gasteiger partial charge in [0.15, 0.2) is 0 Å². The third-order valence-electron chi connectivity index (χ3n) is 5.07. The van der Waals surface area contributed by atoms with Crippen LogP contribution < -0.4 is 0 Å². The minimum Gasteiger partial charge on any atom is -0.391 e. The molecule has 1 aliphatic rings. The fraction of sp³-hybridized carbons (Fsp3) is 0.812. The Morgan fingerprint density at radius 3 is 2.60 bits per heavy atom. The molecular formula is C16H29N3O. The van der Waals surface area contributed by atoms with Crippen LogP contribution in [0.3, 0.4) is 0 Å². The van der Waals surface area contributed by atoms with E-state index in [0.29, 0.717) is 0 Å². The number of aliphatic hydroxyl groups is 1. The van der Waals surface area contributed by atoms with Crippen LogP contribution in [-0.2, 0) is 13.5 Å². The second kappa shape index (κ2) is 6.72. The molecule has 0 spiro atoms. The lowest BCUT2D eigenvalue weighted by molar-refractivity contribution is -0.0370. The summed E-state index contributed by atoms with van der Waals surface area (Å²) in [5.41, 5.74) is -0.0917. The Balaban J connectivity index is 1.96. The van der Waals surface area contributed by atoms with Gasteiger partial charge >= 0.3 is 0 Å². The van der Waals surface area contributed by atoms with Gasteiger partial charge in [0.1, 0.15) is 5.82 Å². The number of hydrogen-bond donors (Lipinski definition) is 1. The second-order valence-corrected chi connectivity index (χ2v) is 6.27. The summed E-state index contributed by atoms with van der Waals surface area (Å²) in [6, 6.07) is 0. The molecule has 1 aromatic rings. The second-order valence-electron chi connectivity index (χ2n) is 6.27. The summed E-state index contributed by atoms with van der Waals surface area (Å²) in [5.74, 6) is 1.06. The molecule has 1 aliphatic heterocycles. The van der Waals surface area contributed by atoms with Gasteiger partial charge in [-0.15, -0.1) is 0 Å². The van der Waals surface area contributed by atoms with Crippen LogP contribution >= 0.6 is 0 Å². The van der Waals surface area contributed by atoms with Crippen LogP contribution in [0, 0.1) is 0 Å². The van der Waals surface area contributed by atoms with Gasteiger partial charge in [0, 0.05) is 31.4 Å². The van der Waals surface area contributed by atoms with Crippen LogP contribution in [0.15, 0.2) is 12.4 Å². The van der Waals surface area contributed by atoms with Gasteiger partial charge < -0.3 is 9.67 Å². The van der Waals surface area contributed by atoms with E-state index in [1.54, 1.807) is 0 Å². The van der Waals surface area contributed by atoms with E-state index in [1.807, 2.05) is 24.0 Å². The minimum absolute atomic E-state index is 0.0917. The van der Waals surface area contributed by atoms with Crippen LogP contribution in [0.5, 0.6) is 0 Å². The van der Waals surface area contributed by atoms with Crippen molar-refractivity contribution in [2.75, 3.05) is 13.1 Å². The Kier molecular flexibility index (Phi) is 5.22. The Morgan fingerprint density at radius 2 is 2.05 bits per heavy atom. The molecule has 0 aliphatic carbocycles. The minimum atomic E-state index is -0.290. The highest BCUT2D eigenvalue weighted by Gasteiger charge is 2.37. The Hall–Kier alpha value is -0.870. The number of piperidine rings is 1. The molecule has 4 nitrogen and oxygen atoms in total. The number of aromatic nitrogens is 2. The smallest absolute Gasteiger partial charge is 0.108 e. The molecule has 114 valence electrons. The zero-order valence-electron chi connectivity index (χ0n) is 13.2. The van der Waals surface area contributed by atoms with Gasteiger partial charge in [-0.25, -0.2) is 4.98 Å². The van der Waals surface area contributed by atoms with E-state index in [-0.39, 0.29) is 11.6 Å². The third-order valence-corrected chi connectivity index (χ3v) is 5.07. The molecule has 2 atom stereocenters. The normalized spacial score (nSPS) is 21.6. The van der Waals surface area contributed by atoms with E-state index in [1.165, 1.54) is 19.3 Å². The van der Waals surface area contributed by atoms with Crippen molar-refractivity contribution >= 4 is 0 Å². The predicted molar refractivity (Wildman–Crippen MR) is 81.7 cm³/mol. The number of aliphatic hydroxyl groups excluding tert-OH is 1. The van der Waals surface area contributed by atoms with E-state index in [9.17, 15) is 5.11 Å². The molecule has 2 unspecified atom stereocenters. The van der Waals surface area contributed by atoms with E-state index in [0.717, 1.165) is 38.2 Å². The maximum absolute atomic E-state index is 10.7. The predicted octanol–water partition coefficient (Wildman–Crippen LogP) is 2.37. The van der Waals surface area contributed by atoms with Gasteiger partial charge in [-0.2, -0.15) is 0 Å². The largest absolute Gasteiger partial charge is 0.391 e. The van der Waals surface area contributed by atoms with E-state index < -0.39 is 0 Å². The summed E-state index contributed by atoms with van der Waals surface area (Å²) in [6.07, 6.45) is 9.98. The molecule has 0 amide bonds. The van der Waals surface area contributed by atoms with Crippen molar-refractivity contribution in [3.63, 3.8) is 0 Å². The number of rotatable bonds is 6. The highest BCUT2D eigenvalue weighted by molar-refractivity contribution is 4.97. The van der Waals surface area contributed by atoms with Crippen LogP contribution in [-0.4, -0.2) is 44.3 Å². The fourth-order valence-corrected chi connectivity index (χ4v) is 3.29. The lowest BCUT2D eigenvalue weighted by atomic mass is 9.85. The maximum Gasteiger partial charge on any atom is 0.108 e. The van der Waals surface area contributed by atoms with Crippen molar-refractivity contribution in [3.8, 4) is 0 Å². The average Bonchev–Trinajstić information content (AvgIpc) is 2.90. The first-order valence-electron chi connectivity index (χ1n) is 7.97. The number of imidazole rings is 1. The lowest BCUT2D eigenvalue weighted by Crippen LogP contribution is -2.56. The van der Waals surface area contributed by atoms with Crippen molar-refractivity contribution < 1.29 is 5.11 Å². The van der Waals surface area contributed by atoms with Crippen LogP contribution in [0.1, 0.15) is 51.8 Å². The Morgan fingerprint density at radius 1 is 1.35 bits per heavy atom. The standard InChI is InChI=1S/C16H29N3O/c1-4-16(2,19-11-6-5-7-12-19)14(20)8-9-15-17-10-13-18(15)3/h10,13-14,20H,4-9,11-12H2,1-3H3. The first kappa shape index (κ1) is 15.5. The molecule has 1 fully saturated rings. The molecule has 2 rings (SSSR count). The van der Waals surface area contributed by atoms with Crippen molar-refractivity contribution in [2.45, 2.75) is 64.0 Å². The van der Waals surface area contributed by atoms with Gasteiger partial charge in [0.25, 0.3) is 0 Å². The number of likely N-dealkylation sites (tertiary alicyclic amines) is 1. The summed E-state index contributed by atoms with van der Waals surface area (Å²) >= 11 is 0. The molecule has 2 heterocycles. The van der Waals surface area contributed by atoms with Gasteiger partial charge in [-0.05, 0) is 45.7 Å². The number of aryl methyl sites for hydroxylation is 2. The summed E-state index contributed by atoms with van der Waals surface area (Å²) in [4.78, 5) is 6.85. The third kappa shape index (κ3) is 3.23. The quantitative estimate of drug-likeness (QED) is 0.869. The van der Waals surface area contributed by atoms with E-state index in [4.69, 9.17) is 0 Å². The molecular weight excluding hydrogens is 250 g/mol. The highest BCUT2D eigenvalue weighted by atomic mass is 16.3. The zero-order valence-corrected chi connectivity index (χ0v) is 13.2. The monoisotopic (exact) mass is 279 g/mol. The highest BCUT2D eigenvalue weighted by Crippen LogP contribution is 2.29. The zero-order chi connectivity index (χ0) is 14.6. The van der Waals surface area contributed by atoms with Crippen LogP contribution in [0.25, 0.3) is 0 Å². The Bertz CT molecular complexity index is 412. The first-order chi connectivity index (χ1) is 9.58. The molecule has 20 heavy (non-hydrogen) atoms. The molecule has 1 saturated heterocycles. The number of hydrogen-bond acceptors (Lipinski definition) is 3. The molecule has 1 N–H and O–H groups in total. The summed E-state index contributed by atoms with van der Waals surface area (Å²) in [5, 5.41) is 10.7. The van der Waals surface area contributed by atoms with Gasteiger partial charge in [0.2, 0.25) is 0 Å². The summed E-state index contributed by atoms with van der Waals surface area (Å²) < 4.78 is 2.04. The molecule has 0 aromatic carbocycles. The van der Waals surface area contributed by atoms with E-state index >= 15 is 0 Å². The SMILES string of the molecule is CCC(C)(C(O)CCc1nccn1C)N1CCCCC1. The van der Waals surface area contributed by atoms with Crippen molar-refractivity contribution in [1.29, 1.82) is 0 Å². The topological polar surface area (TPSA) is 41.3 Å². The van der Waals surface area contributed by atoms with Crippen molar-refractivity contribution in [3.05, 3.63) is 18.2 Å². The van der Waals surface area contributed by atoms with Crippen LogP contribution in [0.4, 0.5) is 0 Å². The fourth-order valence-electron chi connectivity index (χ4n) is 3.29. The molecule has 4 heteroatoms. The van der Waals surface area contributed by atoms with Crippen molar-refractivity contribution in [1.82, 2.24) is 14.5 Å². The molecule has 1 aromatic heterocycles. The molecule has 0 saturated carbocycles. The maximum atomic E-state index is 10.7. The lowest BCUT2D eigenvalue weighted by Gasteiger charge is -2.46. The van der Waals surface area contributed by atoms with Gasteiger partial charge in [-0.3, -0.25) is 4.90 Å². The molecule has 0 bridgehead atoms.